The highest BCUT2D eigenvalue weighted by atomic mass is 16.5. The van der Waals surface area contributed by atoms with Crippen molar-refractivity contribution in [2.45, 2.75) is 6.92 Å². The third-order valence-electron chi connectivity index (χ3n) is 2.94. The second-order valence-corrected chi connectivity index (χ2v) is 4.50. The molecule has 0 saturated carbocycles. The molecular weight excluding hydrogens is 236 g/mol. The van der Waals surface area contributed by atoms with Crippen LogP contribution in [0.25, 0.3) is 10.9 Å². The van der Waals surface area contributed by atoms with Gasteiger partial charge in [-0.1, -0.05) is 12.1 Å². The Kier molecular flexibility index (Phi) is 2.80. The molecule has 0 aliphatic heterocycles. The summed E-state index contributed by atoms with van der Waals surface area (Å²) in [6, 6.07) is 15.5. The number of anilines is 1. The molecule has 0 spiro atoms. The second kappa shape index (κ2) is 4.61. The number of ether oxygens (including phenoxy) is 1. The quantitative estimate of drug-likeness (QED) is 0.701. The molecule has 1 aromatic heterocycles. The van der Waals surface area contributed by atoms with Crippen LogP contribution in [0, 0.1) is 6.92 Å². The first-order valence-electron chi connectivity index (χ1n) is 6.11. The SMILES string of the molecule is Cc1cccc(Oc2ccnc3cc(N)ccc23)c1. The van der Waals surface area contributed by atoms with E-state index in [0.717, 1.165) is 22.4 Å². The third kappa shape index (κ3) is 2.36. The fourth-order valence-corrected chi connectivity index (χ4v) is 2.03. The lowest BCUT2D eigenvalue weighted by Crippen LogP contribution is -1.90. The van der Waals surface area contributed by atoms with E-state index >= 15 is 0 Å². The molecule has 3 aromatic rings. The van der Waals surface area contributed by atoms with Gasteiger partial charge in [0.1, 0.15) is 11.5 Å². The minimum Gasteiger partial charge on any atom is -0.457 e. The zero-order valence-electron chi connectivity index (χ0n) is 10.6. The van der Waals surface area contributed by atoms with E-state index in [4.69, 9.17) is 10.5 Å². The van der Waals surface area contributed by atoms with E-state index in [0.29, 0.717) is 5.69 Å². The monoisotopic (exact) mass is 250 g/mol. The maximum Gasteiger partial charge on any atom is 0.138 e. The number of rotatable bonds is 2. The van der Waals surface area contributed by atoms with Crippen LogP contribution in [0.15, 0.2) is 54.7 Å². The summed E-state index contributed by atoms with van der Waals surface area (Å²) in [5.74, 6) is 1.61. The van der Waals surface area contributed by atoms with E-state index < -0.39 is 0 Å². The van der Waals surface area contributed by atoms with Crippen LogP contribution >= 0.6 is 0 Å². The number of nitrogen functional groups attached to an aromatic ring is 1. The number of benzene rings is 2. The molecule has 0 bridgehead atoms. The zero-order valence-corrected chi connectivity index (χ0v) is 10.6. The molecule has 0 atom stereocenters. The maximum absolute atomic E-state index is 5.93. The van der Waals surface area contributed by atoms with E-state index in [1.165, 1.54) is 5.56 Å². The highest BCUT2D eigenvalue weighted by Gasteiger charge is 2.04. The number of aryl methyl sites for hydroxylation is 1. The van der Waals surface area contributed by atoms with Crippen LogP contribution in [-0.4, -0.2) is 4.98 Å². The van der Waals surface area contributed by atoms with Gasteiger partial charge >= 0.3 is 0 Å². The standard InChI is InChI=1S/C16H14N2O/c1-11-3-2-4-13(9-11)19-16-7-8-18-15-10-12(17)5-6-14(15)16/h2-10H,17H2,1H3. The molecule has 3 heteroatoms. The fourth-order valence-electron chi connectivity index (χ4n) is 2.03. The third-order valence-corrected chi connectivity index (χ3v) is 2.94. The van der Waals surface area contributed by atoms with Gasteiger partial charge in [-0.25, -0.2) is 0 Å². The summed E-state index contributed by atoms with van der Waals surface area (Å²) in [5.41, 5.74) is 8.47. The molecule has 0 saturated heterocycles. The lowest BCUT2D eigenvalue weighted by molar-refractivity contribution is 0.487. The van der Waals surface area contributed by atoms with Gasteiger partial charge < -0.3 is 10.5 Å². The van der Waals surface area contributed by atoms with Crippen molar-refractivity contribution in [3.05, 3.63) is 60.3 Å². The van der Waals surface area contributed by atoms with Gasteiger partial charge in [0.15, 0.2) is 0 Å². The summed E-state index contributed by atoms with van der Waals surface area (Å²) in [7, 11) is 0. The van der Waals surface area contributed by atoms with E-state index in [9.17, 15) is 0 Å². The molecule has 19 heavy (non-hydrogen) atoms. The smallest absolute Gasteiger partial charge is 0.138 e. The van der Waals surface area contributed by atoms with Crippen LogP contribution in [-0.2, 0) is 0 Å². The second-order valence-electron chi connectivity index (χ2n) is 4.50. The molecule has 0 unspecified atom stereocenters. The van der Waals surface area contributed by atoms with Gasteiger partial charge in [-0.2, -0.15) is 0 Å². The molecule has 3 rings (SSSR count). The van der Waals surface area contributed by atoms with E-state index in [1.807, 2.05) is 55.5 Å². The number of hydrogen-bond acceptors (Lipinski definition) is 3. The molecule has 2 N–H and O–H groups in total. The Morgan fingerprint density at radius 1 is 1.05 bits per heavy atom. The Bertz CT molecular complexity index is 738. The average molecular weight is 250 g/mol. The molecule has 1 heterocycles. The summed E-state index contributed by atoms with van der Waals surface area (Å²) in [4.78, 5) is 4.30. The van der Waals surface area contributed by atoms with Gasteiger partial charge in [0.2, 0.25) is 0 Å². The van der Waals surface area contributed by atoms with Crippen molar-refractivity contribution < 1.29 is 4.74 Å². The van der Waals surface area contributed by atoms with Crippen LogP contribution in [0.4, 0.5) is 5.69 Å². The van der Waals surface area contributed by atoms with Gasteiger partial charge in [0.05, 0.1) is 5.52 Å². The number of pyridine rings is 1. The Hall–Kier alpha value is -2.55. The minimum absolute atomic E-state index is 0.702. The lowest BCUT2D eigenvalue weighted by atomic mass is 10.2. The number of nitrogens with two attached hydrogens (primary N) is 1. The van der Waals surface area contributed by atoms with Gasteiger partial charge in [0, 0.05) is 17.3 Å². The molecule has 0 aliphatic carbocycles. The van der Waals surface area contributed by atoms with Gasteiger partial charge in [-0.3, -0.25) is 4.98 Å². The zero-order chi connectivity index (χ0) is 13.2. The number of nitrogens with zero attached hydrogens (tertiary/aromatic N) is 1. The van der Waals surface area contributed by atoms with Crippen molar-refractivity contribution in [3.8, 4) is 11.5 Å². The highest BCUT2D eigenvalue weighted by Crippen LogP contribution is 2.29. The van der Waals surface area contributed by atoms with E-state index in [2.05, 4.69) is 4.98 Å². The van der Waals surface area contributed by atoms with Crippen LogP contribution in [0.3, 0.4) is 0 Å². The Morgan fingerprint density at radius 2 is 1.95 bits per heavy atom. The average Bonchev–Trinajstić information content (AvgIpc) is 2.38. The Balaban J connectivity index is 2.06. The number of aromatic nitrogens is 1. The summed E-state index contributed by atoms with van der Waals surface area (Å²) < 4.78 is 5.93. The van der Waals surface area contributed by atoms with Crippen LogP contribution in [0.2, 0.25) is 0 Å². The Labute approximate surface area is 111 Å². The summed E-state index contributed by atoms with van der Waals surface area (Å²) in [6.45, 7) is 2.04. The highest BCUT2D eigenvalue weighted by molar-refractivity contribution is 5.87. The number of fused-ring (bicyclic) bond motifs is 1. The first-order chi connectivity index (χ1) is 9.22. The van der Waals surface area contributed by atoms with E-state index in [-0.39, 0.29) is 0 Å². The molecule has 94 valence electrons. The molecule has 0 radical (unpaired) electrons. The van der Waals surface area contributed by atoms with Gasteiger partial charge in [-0.05, 0) is 48.9 Å². The van der Waals surface area contributed by atoms with Crippen molar-refractivity contribution in [1.29, 1.82) is 0 Å². The first kappa shape index (κ1) is 11.5. The largest absolute Gasteiger partial charge is 0.457 e. The van der Waals surface area contributed by atoms with Gasteiger partial charge in [0.25, 0.3) is 0 Å². The summed E-state index contributed by atoms with van der Waals surface area (Å²) in [5, 5.41) is 0.957. The number of hydrogen-bond donors (Lipinski definition) is 1. The topological polar surface area (TPSA) is 48.1 Å². The molecule has 3 nitrogen and oxygen atoms in total. The van der Waals surface area contributed by atoms with Crippen LogP contribution in [0.1, 0.15) is 5.56 Å². The Morgan fingerprint density at radius 3 is 2.79 bits per heavy atom. The lowest BCUT2D eigenvalue weighted by Gasteiger charge is -2.09. The predicted molar refractivity (Wildman–Crippen MR) is 77.4 cm³/mol. The minimum atomic E-state index is 0.702. The van der Waals surface area contributed by atoms with E-state index in [1.54, 1.807) is 6.20 Å². The summed E-state index contributed by atoms with van der Waals surface area (Å²) >= 11 is 0. The first-order valence-corrected chi connectivity index (χ1v) is 6.11. The van der Waals surface area contributed by atoms with Crippen molar-refractivity contribution in [1.82, 2.24) is 4.98 Å². The molecule has 0 aliphatic rings. The molecule has 0 fully saturated rings. The molecular formula is C16H14N2O. The van der Waals surface area contributed by atoms with Crippen molar-refractivity contribution in [3.63, 3.8) is 0 Å². The predicted octanol–water partition coefficient (Wildman–Crippen LogP) is 3.92. The van der Waals surface area contributed by atoms with Crippen molar-refractivity contribution >= 4 is 16.6 Å². The van der Waals surface area contributed by atoms with Gasteiger partial charge in [-0.15, -0.1) is 0 Å². The van der Waals surface area contributed by atoms with Crippen molar-refractivity contribution in [2.75, 3.05) is 5.73 Å². The van der Waals surface area contributed by atoms with Crippen molar-refractivity contribution in [2.24, 2.45) is 0 Å². The summed E-state index contributed by atoms with van der Waals surface area (Å²) in [6.07, 6.45) is 1.73. The molecule has 2 aromatic carbocycles. The maximum atomic E-state index is 5.93. The van der Waals surface area contributed by atoms with Crippen LogP contribution in [0.5, 0.6) is 11.5 Å². The fraction of sp³-hybridized carbons (Fsp3) is 0.0625. The van der Waals surface area contributed by atoms with Crippen LogP contribution < -0.4 is 10.5 Å². The molecule has 0 amide bonds. The normalized spacial score (nSPS) is 10.6.